The van der Waals surface area contributed by atoms with E-state index in [1.54, 1.807) is 39.0 Å². The van der Waals surface area contributed by atoms with Crippen LogP contribution in [0.2, 0.25) is 0 Å². The van der Waals surface area contributed by atoms with E-state index in [0.29, 0.717) is 63.1 Å². The Kier molecular flexibility index (Phi) is 13.4. The average Bonchev–Trinajstić information content (AvgIpc) is 3.29. The number of carbonyl (C=O) groups is 2. The number of anilines is 6. The zero-order valence-corrected chi connectivity index (χ0v) is 40.2. The summed E-state index contributed by atoms with van der Waals surface area (Å²) in [5.41, 5.74) is 7.38. The largest absolute Gasteiger partial charge is 0.494 e. The number of halogens is 1. The number of piperazine rings is 1. The second-order valence-corrected chi connectivity index (χ2v) is 22.2. The van der Waals surface area contributed by atoms with Crippen LogP contribution in [0.4, 0.5) is 34.5 Å². The Bertz CT molecular complexity index is 2590. The lowest BCUT2D eigenvalue weighted by Crippen LogP contribution is -2.54. The Labute approximate surface area is 389 Å². The highest BCUT2D eigenvalue weighted by Gasteiger charge is 2.32. The standard InChI is InChI=1S/C48H59BrN11O4P/c1-5-32-26-40(54-48-52-28-37(49)46(56-48)53-39-12-11-38-44(51-18-17-50-38)45(39)65(3,4)63)42(64-2)27-41(32)59-20-15-35(16-21-59)58-24-22-57(23-25-58)19-14-31-29-60(30-31)34-8-6-33(7-9-34)36-10-13-43(61)55-47(36)62/h6-9,11-12,17-18,26-28,31,35-36H,5,10,13-16,19-25,29-30H2,1-4H3,(H,55,61,62)(H2,52,53,54,56). The number of hydrogen-bond acceptors (Lipinski definition) is 14. The van der Waals surface area contributed by atoms with Gasteiger partial charge in [-0.2, -0.15) is 4.98 Å². The van der Waals surface area contributed by atoms with Crippen molar-refractivity contribution in [3.63, 3.8) is 0 Å². The van der Waals surface area contributed by atoms with E-state index in [0.717, 1.165) is 95.2 Å². The fourth-order valence-corrected chi connectivity index (χ4v) is 11.7. The number of benzene rings is 3. The van der Waals surface area contributed by atoms with Crippen molar-refractivity contribution in [2.45, 2.75) is 57.4 Å². The summed E-state index contributed by atoms with van der Waals surface area (Å²) in [5.74, 6) is 1.76. The van der Waals surface area contributed by atoms with Crippen molar-refractivity contribution >= 4 is 85.7 Å². The van der Waals surface area contributed by atoms with E-state index in [4.69, 9.17) is 9.72 Å². The van der Waals surface area contributed by atoms with Crippen molar-refractivity contribution in [1.82, 2.24) is 35.1 Å². The third kappa shape index (κ3) is 10.0. The summed E-state index contributed by atoms with van der Waals surface area (Å²) >= 11 is 3.61. The van der Waals surface area contributed by atoms with Gasteiger partial charge in [0.2, 0.25) is 17.8 Å². The van der Waals surface area contributed by atoms with Gasteiger partial charge in [-0.3, -0.25) is 29.8 Å². The Balaban J connectivity index is 0.754. The summed E-state index contributed by atoms with van der Waals surface area (Å²) in [6.07, 6.45) is 10.3. The second-order valence-electron chi connectivity index (χ2n) is 18.2. The molecule has 1 unspecified atom stereocenters. The molecule has 9 rings (SSSR count). The van der Waals surface area contributed by atoms with E-state index < -0.39 is 7.14 Å². The van der Waals surface area contributed by atoms with Crippen LogP contribution in [0.5, 0.6) is 5.75 Å². The highest BCUT2D eigenvalue weighted by molar-refractivity contribution is 9.10. The van der Waals surface area contributed by atoms with Gasteiger partial charge < -0.3 is 34.6 Å². The minimum atomic E-state index is -2.76. The van der Waals surface area contributed by atoms with E-state index >= 15 is 0 Å². The number of ether oxygens (including phenoxy) is 1. The number of fused-ring (bicyclic) bond motifs is 1. The molecule has 6 heterocycles. The predicted octanol–water partition coefficient (Wildman–Crippen LogP) is 7.12. The number of methoxy groups -OCH3 is 1. The monoisotopic (exact) mass is 963 g/mol. The third-order valence-corrected chi connectivity index (χ3v) is 15.7. The topological polar surface area (TPSA) is 161 Å². The molecule has 2 aromatic heterocycles. The highest BCUT2D eigenvalue weighted by atomic mass is 79.9. The van der Waals surface area contributed by atoms with Crippen molar-refractivity contribution in [2.24, 2.45) is 5.92 Å². The molecular weight excluding hydrogens is 905 g/mol. The fourth-order valence-electron chi connectivity index (χ4n) is 9.97. The van der Waals surface area contributed by atoms with Gasteiger partial charge in [0.25, 0.3) is 0 Å². The molecule has 5 aromatic rings. The Morgan fingerprint density at radius 3 is 2.34 bits per heavy atom. The van der Waals surface area contributed by atoms with Crippen LogP contribution in [-0.2, 0) is 20.6 Å². The van der Waals surface area contributed by atoms with Gasteiger partial charge in [-0.25, -0.2) is 4.98 Å². The lowest BCUT2D eigenvalue weighted by atomic mass is 9.90. The van der Waals surface area contributed by atoms with Crippen molar-refractivity contribution in [3.8, 4) is 5.75 Å². The smallest absolute Gasteiger partial charge is 0.234 e. The number of imide groups is 1. The number of piperidine rings is 2. The van der Waals surface area contributed by atoms with Crippen molar-refractivity contribution < 1.29 is 18.9 Å². The van der Waals surface area contributed by atoms with Crippen LogP contribution < -0.4 is 35.8 Å². The van der Waals surface area contributed by atoms with Gasteiger partial charge in [0.05, 0.1) is 39.7 Å². The number of aryl methyl sites for hydroxylation is 1. The molecule has 0 radical (unpaired) electrons. The minimum Gasteiger partial charge on any atom is -0.494 e. The molecule has 0 bridgehead atoms. The molecule has 4 aliphatic heterocycles. The van der Waals surface area contributed by atoms with Crippen LogP contribution in [0.25, 0.3) is 11.0 Å². The maximum Gasteiger partial charge on any atom is 0.234 e. The summed E-state index contributed by atoms with van der Waals surface area (Å²) in [7, 11) is -1.07. The lowest BCUT2D eigenvalue weighted by Gasteiger charge is -2.45. The van der Waals surface area contributed by atoms with E-state index in [-0.39, 0.29) is 17.7 Å². The number of hydrogen-bond donors (Lipinski definition) is 3. The maximum atomic E-state index is 13.5. The Morgan fingerprint density at radius 2 is 1.63 bits per heavy atom. The highest BCUT2D eigenvalue weighted by Crippen LogP contribution is 2.42. The van der Waals surface area contributed by atoms with Gasteiger partial charge in [-0.15, -0.1) is 0 Å². The normalized spacial score (nSPS) is 19.3. The number of aromatic nitrogens is 4. The first-order valence-corrected chi connectivity index (χ1v) is 26.3. The Hall–Kier alpha value is -5.15. The van der Waals surface area contributed by atoms with Crippen LogP contribution in [-0.4, -0.2) is 127 Å². The van der Waals surface area contributed by atoms with Gasteiger partial charge in [0.1, 0.15) is 24.2 Å². The number of carbonyl (C=O) groups excluding carboxylic acids is 2. The summed E-state index contributed by atoms with van der Waals surface area (Å²) in [4.78, 5) is 52.5. The first kappa shape index (κ1) is 45.0. The molecule has 0 spiro atoms. The Morgan fingerprint density at radius 1 is 0.877 bits per heavy atom. The summed E-state index contributed by atoms with van der Waals surface area (Å²) in [6, 6.07) is 17.0. The average molecular weight is 965 g/mol. The van der Waals surface area contributed by atoms with Gasteiger partial charge in [0, 0.05) is 101 Å². The molecule has 2 amide bonds. The molecule has 342 valence electrons. The third-order valence-electron chi connectivity index (χ3n) is 13.6. The first-order chi connectivity index (χ1) is 31.4. The number of amides is 2. The summed E-state index contributed by atoms with van der Waals surface area (Å²) in [5, 5.41) is 9.91. The quantitative estimate of drug-likeness (QED) is 0.0763. The van der Waals surface area contributed by atoms with Crippen LogP contribution in [0.3, 0.4) is 0 Å². The van der Waals surface area contributed by atoms with Crippen LogP contribution in [0.15, 0.2) is 71.6 Å². The molecule has 4 fully saturated rings. The number of nitrogens with zero attached hydrogens (tertiary/aromatic N) is 8. The lowest BCUT2D eigenvalue weighted by molar-refractivity contribution is -0.134. The van der Waals surface area contributed by atoms with E-state index in [1.807, 2.05) is 12.1 Å². The van der Waals surface area contributed by atoms with Crippen molar-refractivity contribution in [3.05, 3.63) is 82.7 Å². The van der Waals surface area contributed by atoms with Crippen molar-refractivity contribution in [2.75, 3.05) is 99.8 Å². The van der Waals surface area contributed by atoms with E-state index in [1.165, 1.54) is 23.4 Å². The van der Waals surface area contributed by atoms with E-state index in [9.17, 15) is 14.2 Å². The molecule has 0 aliphatic carbocycles. The molecular formula is C48H59BrN11O4P. The molecule has 4 saturated heterocycles. The molecule has 4 aliphatic rings. The summed E-state index contributed by atoms with van der Waals surface area (Å²) in [6.45, 7) is 15.5. The molecule has 15 nitrogen and oxygen atoms in total. The molecule has 3 aromatic carbocycles. The van der Waals surface area contributed by atoms with E-state index in [2.05, 4.69) is 110 Å². The zero-order chi connectivity index (χ0) is 45.2. The molecule has 65 heavy (non-hydrogen) atoms. The fraction of sp³-hybridized carbons (Fsp3) is 0.458. The van der Waals surface area contributed by atoms with Gasteiger partial charge in [0.15, 0.2) is 0 Å². The molecule has 17 heteroatoms. The second kappa shape index (κ2) is 19.4. The van der Waals surface area contributed by atoms with Gasteiger partial charge in [-0.1, -0.05) is 19.1 Å². The van der Waals surface area contributed by atoms with Gasteiger partial charge in [-0.05, 0) is 115 Å². The molecule has 0 saturated carbocycles. The van der Waals surface area contributed by atoms with Crippen molar-refractivity contribution in [1.29, 1.82) is 0 Å². The SMILES string of the molecule is CCc1cc(Nc2ncc(Br)c(Nc3ccc4nccnc4c3P(C)(C)=O)n2)c(OC)cc1N1CCC(N2CCN(CCC3CN(c4ccc(C5CCC(=O)NC5=O)cc4)C3)CC2)CC1. The number of nitrogens with one attached hydrogen (secondary N) is 3. The minimum absolute atomic E-state index is 0.173. The maximum absolute atomic E-state index is 13.5. The van der Waals surface area contributed by atoms with Crippen LogP contribution in [0.1, 0.15) is 56.1 Å². The van der Waals surface area contributed by atoms with Crippen LogP contribution in [0, 0.1) is 5.92 Å². The summed E-state index contributed by atoms with van der Waals surface area (Å²) < 4.78 is 20.2. The predicted molar refractivity (Wildman–Crippen MR) is 262 cm³/mol. The first-order valence-electron chi connectivity index (χ1n) is 22.9. The van der Waals surface area contributed by atoms with Crippen LogP contribution >= 0.6 is 23.1 Å². The number of rotatable bonds is 14. The molecule has 1 atom stereocenters. The van der Waals surface area contributed by atoms with Gasteiger partial charge >= 0.3 is 0 Å². The zero-order valence-electron chi connectivity index (χ0n) is 37.7. The molecule has 3 N–H and O–H groups in total.